The van der Waals surface area contributed by atoms with E-state index in [1.165, 1.54) is 22.0 Å². The van der Waals surface area contributed by atoms with Crippen LogP contribution in [0.5, 0.6) is 5.75 Å². The van der Waals surface area contributed by atoms with Crippen LogP contribution in [0.25, 0.3) is 10.9 Å². The maximum absolute atomic E-state index is 12.2. The summed E-state index contributed by atoms with van der Waals surface area (Å²) in [5, 5.41) is 10.7. The van der Waals surface area contributed by atoms with Crippen LogP contribution in [0.4, 0.5) is 0 Å². The molecule has 1 amide bonds. The third kappa shape index (κ3) is 5.53. The van der Waals surface area contributed by atoms with Gasteiger partial charge in [-0.2, -0.15) is 0 Å². The molecule has 0 bridgehead atoms. The summed E-state index contributed by atoms with van der Waals surface area (Å²) in [6, 6.07) is 13.5. The lowest BCUT2D eigenvalue weighted by molar-refractivity contribution is 0.0954. The van der Waals surface area contributed by atoms with Crippen LogP contribution in [0.15, 0.2) is 53.7 Å². The molecule has 3 rings (SSSR count). The third-order valence-electron chi connectivity index (χ3n) is 4.87. The Bertz CT molecular complexity index is 1030. The molecule has 0 fully saturated rings. The summed E-state index contributed by atoms with van der Waals surface area (Å²) in [7, 11) is 3.32. The van der Waals surface area contributed by atoms with Gasteiger partial charge in [-0.3, -0.25) is 9.79 Å². The summed E-state index contributed by atoms with van der Waals surface area (Å²) < 4.78 is 5.15. The number of guanidine groups is 1. The predicted molar refractivity (Wildman–Crippen MR) is 121 cm³/mol. The van der Waals surface area contributed by atoms with Crippen LogP contribution in [0.2, 0.25) is 0 Å². The molecule has 0 aliphatic heterocycles. The highest BCUT2D eigenvalue weighted by atomic mass is 16.5. The fourth-order valence-corrected chi connectivity index (χ4v) is 3.27. The molecule has 0 radical (unpaired) electrons. The number of amides is 1. The molecular formula is C23H29N5O2. The number of carbonyl (C=O) groups excluding carboxylic acids is 1. The van der Waals surface area contributed by atoms with Gasteiger partial charge in [-0.05, 0) is 48.7 Å². The number of aromatic nitrogens is 1. The molecule has 2 aromatic carbocycles. The topological polar surface area (TPSA) is 90.5 Å². The number of aryl methyl sites for hydroxylation is 1. The smallest absolute Gasteiger partial charge is 0.251 e. The van der Waals surface area contributed by atoms with Gasteiger partial charge in [0.05, 0.1) is 7.11 Å². The number of H-pyrrole nitrogens is 1. The molecule has 0 unspecified atom stereocenters. The number of carbonyl (C=O) groups is 1. The summed E-state index contributed by atoms with van der Waals surface area (Å²) in [5.74, 6) is 1.24. The highest BCUT2D eigenvalue weighted by Crippen LogP contribution is 2.19. The second kappa shape index (κ2) is 10.3. The molecule has 7 nitrogen and oxygen atoms in total. The fourth-order valence-electron chi connectivity index (χ4n) is 3.27. The molecule has 1 aromatic heterocycles. The first-order valence-electron chi connectivity index (χ1n) is 10.0. The highest BCUT2D eigenvalue weighted by molar-refractivity contribution is 5.94. The van der Waals surface area contributed by atoms with Crippen LogP contribution < -0.4 is 20.7 Å². The maximum Gasteiger partial charge on any atom is 0.251 e. The fraction of sp³-hybridized carbons (Fsp3) is 0.304. The van der Waals surface area contributed by atoms with Crippen LogP contribution in [-0.2, 0) is 6.42 Å². The Morgan fingerprint density at radius 1 is 1.07 bits per heavy atom. The average molecular weight is 408 g/mol. The Morgan fingerprint density at radius 3 is 2.67 bits per heavy atom. The van der Waals surface area contributed by atoms with Gasteiger partial charge >= 0.3 is 0 Å². The molecular weight excluding hydrogens is 378 g/mol. The lowest BCUT2D eigenvalue weighted by Crippen LogP contribution is -2.42. The lowest BCUT2D eigenvalue weighted by Gasteiger charge is -2.12. The van der Waals surface area contributed by atoms with Gasteiger partial charge in [-0.25, -0.2) is 0 Å². The molecule has 3 aromatic rings. The van der Waals surface area contributed by atoms with Gasteiger partial charge in [-0.15, -0.1) is 0 Å². The van der Waals surface area contributed by atoms with Gasteiger partial charge in [0.2, 0.25) is 0 Å². The number of nitrogens with zero attached hydrogens (tertiary/aromatic N) is 1. The van der Waals surface area contributed by atoms with Crippen LogP contribution >= 0.6 is 0 Å². The van der Waals surface area contributed by atoms with E-state index in [2.05, 4.69) is 57.2 Å². The molecule has 0 spiro atoms. The van der Waals surface area contributed by atoms with Crippen LogP contribution in [0, 0.1) is 6.92 Å². The minimum absolute atomic E-state index is 0.131. The van der Waals surface area contributed by atoms with Crippen molar-refractivity contribution in [3.8, 4) is 5.75 Å². The van der Waals surface area contributed by atoms with Gasteiger partial charge in [0, 0.05) is 49.3 Å². The number of aliphatic imine (C=N–C) groups is 1. The Morgan fingerprint density at radius 2 is 1.87 bits per heavy atom. The zero-order valence-corrected chi connectivity index (χ0v) is 17.7. The first-order chi connectivity index (χ1) is 14.6. The Hall–Kier alpha value is -3.48. The van der Waals surface area contributed by atoms with Gasteiger partial charge in [0.1, 0.15) is 5.75 Å². The summed E-state index contributed by atoms with van der Waals surface area (Å²) in [5.41, 5.74) is 4.26. The van der Waals surface area contributed by atoms with E-state index >= 15 is 0 Å². The molecule has 0 aliphatic rings. The zero-order valence-electron chi connectivity index (χ0n) is 17.7. The van der Waals surface area contributed by atoms with Crippen molar-refractivity contribution < 1.29 is 9.53 Å². The molecule has 1 heterocycles. The summed E-state index contributed by atoms with van der Waals surface area (Å²) in [6.07, 6.45) is 2.95. The first-order valence-corrected chi connectivity index (χ1v) is 10.0. The number of nitrogens with one attached hydrogen (secondary N) is 4. The van der Waals surface area contributed by atoms with Crippen molar-refractivity contribution >= 4 is 22.8 Å². The monoisotopic (exact) mass is 407 g/mol. The number of methoxy groups -OCH3 is 1. The second-order valence-electron chi connectivity index (χ2n) is 7.03. The average Bonchev–Trinajstić information content (AvgIpc) is 3.17. The Labute approximate surface area is 176 Å². The highest BCUT2D eigenvalue weighted by Gasteiger charge is 2.07. The normalized spacial score (nSPS) is 11.4. The number of aromatic amines is 1. The van der Waals surface area contributed by atoms with Crippen molar-refractivity contribution in [2.75, 3.05) is 33.8 Å². The van der Waals surface area contributed by atoms with E-state index in [1.54, 1.807) is 32.4 Å². The van der Waals surface area contributed by atoms with E-state index < -0.39 is 0 Å². The summed E-state index contributed by atoms with van der Waals surface area (Å²) in [6.45, 7) is 3.91. The molecule has 7 heteroatoms. The van der Waals surface area contributed by atoms with Crippen molar-refractivity contribution in [3.63, 3.8) is 0 Å². The second-order valence-corrected chi connectivity index (χ2v) is 7.03. The minimum atomic E-state index is -0.131. The van der Waals surface area contributed by atoms with E-state index in [0.717, 1.165) is 13.0 Å². The Balaban J connectivity index is 1.40. The molecule has 0 aliphatic carbocycles. The Kier molecular flexibility index (Phi) is 7.32. The van der Waals surface area contributed by atoms with Crippen molar-refractivity contribution in [1.29, 1.82) is 0 Å². The minimum Gasteiger partial charge on any atom is -0.497 e. The number of rotatable bonds is 8. The lowest BCUT2D eigenvalue weighted by atomic mass is 10.1. The van der Waals surface area contributed by atoms with E-state index in [1.807, 2.05) is 6.07 Å². The van der Waals surface area contributed by atoms with Crippen LogP contribution in [0.3, 0.4) is 0 Å². The quantitative estimate of drug-likeness (QED) is 0.262. The van der Waals surface area contributed by atoms with Crippen LogP contribution in [-0.4, -0.2) is 50.6 Å². The van der Waals surface area contributed by atoms with E-state index in [4.69, 9.17) is 4.74 Å². The molecule has 0 saturated carbocycles. The van der Waals surface area contributed by atoms with E-state index in [0.29, 0.717) is 30.4 Å². The summed E-state index contributed by atoms with van der Waals surface area (Å²) in [4.78, 5) is 19.8. The van der Waals surface area contributed by atoms with Gasteiger partial charge < -0.3 is 25.7 Å². The van der Waals surface area contributed by atoms with E-state index in [-0.39, 0.29) is 5.91 Å². The maximum atomic E-state index is 12.2. The number of benzene rings is 2. The molecule has 30 heavy (non-hydrogen) atoms. The number of ether oxygens (including phenoxy) is 1. The zero-order chi connectivity index (χ0) is 21.3. The number of hydrogen-bond donors (Lipinski definition) is 4. The first kappa shape index (κ1) is 21.2. The summed E-state index contributed by atoms with van der Waals surface area (Å²) >= 11 is 0. The van der Waals surface area contributed by atoms with Crippen molar-refractivity contribution in [2.24, 2.45) is 4.99 Å². The van der Waals surface area contributed by atoms with Crippen LogP contribution in [0.1, 0.15) is 21.5 Å². The number of fused-ring (bicyclic) bond motifs is 1. The molecule has 158 valence electrons. The van der Waals surface area contributed by atoms with Gasteiger partial charge in [0.25, 0.3) is 5.91 Å². The van der Waals surface area contributed by atoms with Gasteiger partial charge in [0.15, 0.2) is 5.96 Å². The van der Waals surface area contributed by atoms with Crippen molar-refractivity contribution in [2.45, 2.75) is 13.3 Å². The standard InChI is InChI=1S/C23H29N5O2/c1-16-7-8-20-18(15-28-21(20)13-16)9-10-26-23(24-2)27-12-11-25-22(29)17-5-4-6-19(14-17)30-3/h4-8,13-15,28H,9-12H2,1-3H3,(H,25,29)(H2,24,26,27). The molecule has 0 atom stereocenters. The molecule has 0 saturated heterocycles. The predicted octanol–water partition coefficient (Wildman–Crippen LogP) is 2.62. The van der Waals surface area contributed by atoms with Gasteiger partial charge in [-0.1, -0.05) is 18.2 Å². The van der Waals surface area contributed by atoms with Crippen molar-refractivity contribution in [3.05, 3.63) is 65.4 Å². The van der Waals surface area contributed by atoms with Crippen molar-refractivity contribution in [1.82, 2.24) is 20.9 Å². The largest absolute Gasteiger partial charge is 0.497 e. The SMILES string of the molecule is CN=C(NCCNC(=O)c1cccc(OC)c1)NCCc1c[nH]c2cc(C)ccc12. The van der Waals surface area contributed by atoms with E-state index in [9.17, 15) is 4.79 Å². The third-order valence-corrected chi connectivity index (χ3v) is 4.87. The molecule has 4 N–H and O–H groups in total. The number of hydrogen-bond acceptors (Lipinski definition) is 3.